The molecule has 4 rings (SSSR count). The zero-order chi connectivity index (χ0) is 20.9. The van der Waals surface area contributed by atoms with Gasteiger partial charge in [0.05, 0.1) is 0 Å². The van der Waals surface area contributed by atoms with Crippen LogP contribution in [0.4, 0.5) is 4.39 Å². The number of aliphatic hydroxyl groups is 1. The fraction of sp³-hybridized carbons (Fsp3) is 0.208. The summed E-state index contributed by atoms with van der Waals surface area (Å²) in [5, 5.41) is 18.2. The molecule has 4 aromatic rings. The lowest BCUT2D eigenvalue weighted by Gasteiger charge is -2.13. The smallest absolute Gasteiger partial charge is 0.170 e. The molecule has 0 amide bonds. The number of rotatable bonds is 8. The predicted octanol–water partition coefficient (Wildman–Crippen LogP) is 4.47. The third kappa shape index (κ3) is 4.84. The third-order valence-corrected chi connectivity index (χ3v) is 4.83. The van der Waals surface area contributed by atoms with Crippen molar-refractivity contribution >= 4 is 11.0 Å². The quantitative estimate of drug-likeness (QED) is 0.452. The van der Waals surface area contributed by atoms with Gasteiger partial charge in [-0.3, -0.25) is 0 Å². The highest BCUT2D eigenvalue weighted by Gasteiger charge is 2.11. The van der Waals surface area contributed by atoms with E-state index >= 15 is 0 Å². The summed E-state index contributed by atoms with van der Waals surface area (Å²) in [5.74, 6) is 0.288. The Morgan fingerprint density at radius 3 is 2.60 bits per heavy atom. The SMILES string of the molecule is Cc1ccc(CNC[C@@H](O)COc2ccc(-c3noc4cc(F)ccc34)cc2)cc1. The first kappa shape index (κ1) is 20.1. The first-order valence-corrected chi connectivity index (χ1v) is 9.81. The molecule has 0 fully saturated rings. The lowest BCUT2D eigenvalue weighted by molar-refractivity contribution is 0.106. The van der Waals surface area contributed by atoms with Gasteiger partial charge >= 0.3 is 0 Å². The molecule has 1 heterocycles. The summed E-state index contributed by atoms with van der Waals surface area (Å²) in [7, 11) is 0. The fourth-order valence-electron chi connectivity index (χ4n) is 3.17. The predicted molar refractivity (Wildman–Crippen MR) is 114 cm³/mol. The van der Waals surface area contributed by atoms with Gasteiger partial charge in [-0.15, -0.1) is 0 Å². The minimum Gasteiger partial charge on any atom is -0.491 e. The topological polar surface area (TPSA) is 67.5 Å². The van der Waals surface area contributed by atoms with Crippen LogP contribution in [0.3, 0.4) is 0 Å². The molecule has 0 aliphatic rings. The van der Waals surface area contributed by atoms with E-state index in [-0.39, 0.29) is 12.4 Å². The number of hydrogen-bond donors (Lipinski definition) is 2. The molecule has 154 valence electrons. The largest absolute Gasteiger partial charge is 0.491 e. The van der Waals surface area contributed by atoms with Crippen LogP contribution in [0.25, 0.3) is 22.2 Å². The average Bonchev–Trinajstić information content (AvgIpc) is 3.17. The molecule has 2 N–H and O–H groups in total. The number of nitrogens with zero attached hydrogens (tertiary/aromatic N) is 1. The van der Waals surface area contributed by atoms with Crippen molar-refractivity contribution in [2.45, 2.75) is 19.6 Å². The molecular formula is C24H23FN2O3. The number of hydrogen-bond acceptors (Lipinski definition) is 5. The van der Waals surface area contributed by atoms with Gasteiger partial charge in [0, 0.05) is 30.1 Å². The number of fused-ring (bicyclic) bond motifs is 1. The van der Waals surface area contributed by atoms with E-state index in [4.69, 9.17) is 9.26 Å². The van der Waals surface area contributed by atoms with Crippen LogP contribution in [-0.4, -0.2) is 29.5 Å². The van der Waals surface area contributed by atoms with Crippen LogP contribution in [-0.2, 0) is 6.54 Å². The van der Waals surface area contributed by atoms with Crippen molar-refractivity contribution in [3.05, 3.63) is 83.7 Å². The van der Waals surface area contributed by atoms with Crippen molar-refractivity contribution in [1.29, 1.82) is 0 Å². The molecule has 0 aliphatic carbocycles. The molecule has 0 spiro atoms. The summed E-state index contributed by atoms with van der Waals surface area (Å²) < 4.78 is 24.2. The lowest BCUT2D eigenvalue weighted by Crippen LogP contribution is -2.31. The van der Waals surface area contributed by atoms with Gasteiger partial charge in [-0.25, -0.2) is 4.39 Å². The van der Waals surface area contributed by atoms with E-state index < -0.39 is 6.10 Å². The van der Waals surface area contributed by atoms with Crippen molar-refractivity contribution in [3.8, 4) is 17.0 Å². The van der Waals surface area contributed by atoms with E-state index in [9.17, 15) is 9.50 Å². The molecular weight excluding hydrogens is 383 g/mol. The Hall–Kier alpha value is -3.22. The van der Waals surface area contributed by atoms with Crippen LogP contribution in [0, 0.1) is 12.7 Å². The lowest BCUT2D eigenvalue weighted by atomic mass is 10.1. The molecule has 0 unspecified atom stereocenters. The highest BCUT2D eigenvalue weighted by atomic mass is 19.1. The summed E-state index contributed by atoms with van der Waals surface area (Å²) in [6.45, 7) is 3.38. The maximum atomic E-state index is 13.3. The van der Waals surface area contributed by atoms with Gasteiger partial charge in [0.1, 0.15) is 30.0 Å². The van der Waals surface area contributed by atoms with Gasteiger partial charge in [0.2, 0.25) is 0 Å². The molecule has 0 saturated carbocycles. The van der Waals surface area contributed by atoms with Crippen molar-refractivity contribution in [3.63, 3.8) is 0 Å². The first-order chi connectivity index (χ1) is 14.6. The molecule has 0 radical (unpaired) electrons. The fourth-order valence-corrected chi connectivity index (χ4v) is 3.17. The minimum absolute atomic E-state index is 0.187. The molecule has 30 heavy (non-hydrogen) atoms. The van der Waals surface area contributed by atoms with Crippen LogP contribution in [0.1, 0.15) is 11.1 Å². The Morgan fingerprint density at radius 1 is 1.07 bits per heavy atom. The maximum absolute atomic E-state index is 13.3. The highest BCUT2D eigenvalue weighted by molar-refractivity contribution is 5.91. The highest BCUT2D eigenvalue weighted by Crippen LogP contribution is 2.29. The van der Waals surface area contributed by atoms with Crippen molar-refractivity contribution < 1.29 is 18.8 Å². The van der Waals surface area contributed by atoms with E-state index in [2.05, 4.69) is 41.7 Å². The van der Waals surface area contributed by atoms with Gasteiger partial charge in [-0.05, 0) is 48.9 Å². The Balaban J connectivity index is 1.28. The van der Waals surface area contributed by atoms with Crippen molar-refractivity contribution in [2.75, 3.05) is 13.2 Å². The van der Waals surface area contributed by atoms with Crippen LogP contribution in [0.2, 0.25) is 0 Å². The van der Waals surface area contributed by atoms with Crippen LogP contribution < -0.4 is 10.1 Å². The second-order valence-electron chi connectivity index (χ2n) is 7.28. The Morgan fingerprint density at radius 2 is 1.83 bits per heavy atom. The molecule has 3 aromatic carbocycles. The molecule has 0 saturated heterocycles. The second kappa shape index (κ2) is 9.07. The van der Waals surface area contributed by atoms with E-state index in [0.717, 1.165) is 10.9 Å². The van der Waals surface area contributed by atoms with Crippen molar-refractivity contribution in [2.24, 2.45) is 0 Å². The number of aromatic nitrogens is 1. The van der Waals surface area contributed by atoms with E-state index in [1.54, 1.807) is 6.07 Å². The summed E-state index contributed by atoms with van der Waals surface area (Å²) in [6, 6.07) is 20.0. The van der Waals surface area contributed by atoms with E-state index in [1.807, 2.05) is 24.3 Å². The van der Waals surface area contributed by atoms with E-state index in [0.29, 0.717) is 30.1 Å². The zero-order valence-electron chi connectivity index (χ0n) is 16.6. The summed E-state index contributed by atoms with van der Waals surface area (Å²) >= 11 is 0. The molecule has 0 bridgehead atoms. The number of aliphatic hydroxyl groups excluding tert-OH is 1. The van der Waals surface area contributed by atoms with Crippen LogP contribution >= 0.6 is 0 Å². The van der Waals surface area contributed by atoms with Crippen LogP contribution in [0.5, 0.6) is 5.75 Å². The summed E-state index contributed by atoms with van der Waals surface area (Å²) in [5.41, 5.74) is 4.30. The van der Waals surface area contributed by atoms with Gasteiger partial charge in [0.15, 0.2) is 5.58 Å². The Labute approximate surface area is 174 Å². The second-order valence-corrected chi connectivity index (χ2v) is 7.28. The molecule has 1 aromatic heterocycles. The summed E-state index contributed by atoms with van der Waals surface area (Å²) in [4.78, 5) is 0. The maximum Gasteiger partial charge on any atom is 0.170 e. The van der Waals surface area contributed by atoms with Gasteiger partial charge < -0.3 is 19.7 Å². The molecule has 0 aliphatic heterocycles. The Bertz CT molecular complexity index is 1110. The minimum atomic E-state index is -0.621. The number of benzene rings is 3. The van der Waals surface area contributed by atoms with Gasteiger partial charge in [0.25, 0.3) is 0 Å². The standard InChI is InChI=1S/C24H23FN2O3/c1-16-2-4-17(5-3-16)13-26-14-20(28)15-29-21-9-6-18(7-10-21)24-22-11-8-19(25)12-23(22)30-27-24/h2-12,20,26,28H,13-15H2,1H3/t20-/m1/s1. The van der Waals surface area contributed by atoms with Crippen molar-refractivity contribution in [1.82, 2.24) is 10.5 Å². The number of halogens is 1. The van der Waals surface area contributed by atoms with Gasteiger partial charge in [-0.2, -0.15) is 0 Å². The molecule has 5 nitrogen and oxygen atoms in total. The summed E-state index contributed by atoms with van der Waals surface area (Å²) in [6.07, 6.45) is -0.621. The Kier molecular flexibility index (Phi) is 6.07. The normalized spacial score (nSPS) is 12.2. The number of ether oxygens (including phenoxy) is 1. The van der Waals surface area contributed by atoms with Crippen LogP contribution in [0.15, 0.2) is 71.3 Å². The monoisotopic (exact) mass is 406 g/mol. The first-order valence-electron chi connectivity index (χ1n) is 9.81. The number of aryl methyl sites for hydroxylation is 1. The molecule has 6 heteroatoms. The van der Waals surface area contributed by atoms with Gasteiger partial charge in [-0.1, -0.05) is 35.0 Å². The molecule has 1 atom stereocenters. The average molecular weight is 406 g/mol. The zero-order valence-corrected chi connectivity index (χ0v) is 16.6. The number of nitrogens with one attached hydrogen (secondary N) is 1. The van der Waals surface area contributed by atoms with E-state index in [1.165, 1.54) is 23.3 Å². The third-order valence-electron chi connectivity index (χ3n) is 4.83.